The normalized spacial score (nSPS) is 17.2. The van der Waals surface area contributed by atoms with Crippen molar-refractivity contribution in [1.82, 2.24) is 19.9 Å². The van der Waals surface area contributed by atoms with Crippen LogP contribution in [0, 0.1) is 12.7 Å². The van der Waals surface area contributed by atoms with Gasteiger partial charge in [-0.2, -0.15) is 13.2 Å². The number of carbonyl (C=O) groups excluding carboxylic acids is 1. The molecule has 1 fully saturated rings. The molecule has 1 amide bonds. The van der Waals surface area contributed by atoms with Crippen molar-refractivity contribution >= 4 is 32.7 Å². The summed E-state index contributed by atoms with van der Waals surface area (Å²) in [5.41, 5.74) is 0.159. The second kappa shape index (κ2) is 13.7. The van der Waals surface area contributed by atoms with E-state index in [1.807, 2.05) is 0 Å². The third kappa shape index (κ3) is 9.10. The first kappa shape index (κ1) is 35.7. The number of piperidine rings is 1. The van der Waals surface area contributed by atoms with Crippen LogP contribution in [0.3, 0.4) is 0 Å². The zero-order valence-corrected chi connectivity index (χ0v) is 27.8. The smallest absolute Gasteiger partial charge is 0.410 e. The number of rotatable bonds is 8. The van der Waals surface area contributed by atoms with Crippen molar-refractivity contribution in [3.8, 4) is 22.9 Å². The summed E-state index contributed by atoms with van der Waals surface area (Å²) in [6.45, 7) is 6.92. The molecule has 1 aliphatic rings. The molecule has 0 saturated carbocycles. The quantitative estimate of drug-likeness (QED) is 0.190. The van der Waals surface area contributed by atoms with Crippen LogP contribution in [0.15, 0.2) is 54.9 Å². The van der Waals surface area contributed by atoms with E-state index >= 15 is 0 Å². The van der Waals surface area contributed by atoms with Gasteiger partial charge in [-0.3, -0.25) is 0 Å². The summed E-state index contributed by atoms with van der Waals surface area (Å²) in [6.07, 6.45) is -3.87. The number of sulfone groups is 1. The minimum atomic E-state index is -4.98. The van der Waals surface area contributed by atoms with Gasteiger partial charge in [0.1, 0.15) is 29.1 Å². The lowest BCUT2D eigenvalue weighted by atomic mass is 10.0. The third-order valence-corrected chi connectivity index (χ3v) is 8.93. The number of anilines is 1. The van der Waals surface area contributed by atoms with E-state index in [1.165, 1.54) is 35.5 Å². The fourth-order valence-corrected chi connectivity index (χ4v) is 6.80. The molecular weight excluding hydrogens is 673 g/mol. The first-order valence-electron chi connectivity index (χ1n) is 15.2. The van der Waals surface area contributed by atoms with Crippen molar-refractivity contribution in [2.45, 2.75) is 63.9 Å². The molecular formula is C33H34F5N5O5S. The third-order valence-electron chi connectivity index (χ3n) is 7.44. The Hall–Kier alpha value is -4.60. The lowest BCUT2D eigenvalue weighted by Crippen LogP contribution is -2.51. The monoisotopic (exact) mass is 707 g/mol. The number of nitrogens with one attached hydrogen (secondary N) is 1. The van der Waals surface area contributed by atoms with Gasteiger partial charge in [-0.1, -0.05) is 12.1 Å². The van der Waals surface area contributed by atoms with Gasteiger partial charge in [0.05, 0.1) is 23.6 Å². The summed E-state index contributed by atoms with van der Waals surface area (Å²) >= 11 is 0. The van der Waals surface area contributed by atoms with Crippen molar-refractivity contribution in [3.05, 3.63) is 71.8 Å². The molecule has 4 aromatic rings. The summed E-state index contributed by atoms with van der Waals surface area (Å²) in [4.78, 5) is 27.1. The predicted molar refractivity (Wildman–Crippen MR) is 172 cm³/mol. The number of ether oxygens (including phenoxy) is 2. The molecule has 3 heterocycles. The molecule has 1 saturated heterocycles. The molecule has 2 unspecified atom stereocenters. The van der Waals surface area contributed by atoms with Crippen LogP contribution in [0.5, 0.6) is 11.6 Å². The zero-order valence-electron chi connectivity index (χ0n) is 27.0. The van der Waals surface area contributed by atoms with Crippen LogP contribution in [0.4, 0.5) is 32.7 Å². The number of carbonyl (C=O) groups is 1. The highest BCUT2D eigenvalue weighted by atomic mass is 32.2. The summed E-state index contributed by atoms with van der Waals surface area (Å²) in [6, 6.07) is 9.68. The van der Waals surface area contributed by atoms with Gasteiger partial charge >= 0.3 is 12.3 Å². The molecule has 2 aromatic heterocycles. The molecule has 1 N–H and O–H groups in total. The van der Waals surface area contributed by atoms with E-state index in [9.17, 15) is 35.2 Å². The zero-order chi connectivity index (χ0) is 35.7. The Morgan fingerprint density at radius 3 is 2.47 bits per heavy atom. The van der Waals surface area contributed by atoms with E-state index < -0.39 is 62.8 Å². The van der Waals surface area contributed by atoms with Crippen LogP contribution in [-0.4, -0.2) is 77.2 Å². The van der Waals surface area contributed by atoms with Crippen LogP contribution in [0.25, 0.3) is 22.0 Å². The number of likely N-dealkylation sites (tertiary alicyclic amines) is 1. The number of nitrogens with zero attached hydrogens (tertiary/aromatic N) is 4. The molecule has 0 aliphatic carbocycles. The molecule has 1 aliphatic heterocycles. The second-order valence-corrected chi connectivity index (χ2v) is 14.8. The molecule has 0 bridgehead atoms. The number of aromatic nitrogens is 3. The summed E-state index contributed by atoms with van der Waals surface area (Å²) in [5.74, 6) is -3.83. The molecule has 49 heavy (non-hydrogen) atoms. The Balaban J connectivity index is 1.43. The Morgan fingerprint density at radius 1 is 1.02 bits per heavy atom. The molecule has 262 valence electrons. The number of hydrogen-bond donors (Lipinski definition) is 1. The highest BCUT2D eigenvalue weighted by Crippen LogP contribution is 2.39. The van der Waals surface area contributed by atoms with E-state index in [0.29, 0.717) is 16.8 Å². The fourth-order valence-electron chi connectivity index (χ4n) is 5.47. The lowest BCUT2D eigenvalue weighted by molar-refractivity contribution is -0.106. The van der Waals surface area contributed by atoms with E-state index in [-0.39, 0.29) is 47.9 Å². The van der Waals surface area contributed by atoms with Crippen molar-refractivity contribution in [1.29, 1.82) is 0 Å². The van der Waals surface area contributed by atoms with Crippen LogP contribution in [0.2, 0.25) is 0 Å². The molecule has 16 heteroatoms. The SMILES string of the molecule is Cc1ccc2c(CS(=O)(=O)CC(F)(F)F)c(F)ccc2c1Oc1ncccc1-c1ccnc(NC2CC(F)CN(C(=O)OC(C)(C)C)C2)n1. The van der Waals surface area contributed by atoms with Gasteiger partial charge in [0.25, 0.3) is 0 Å². The van der Waals surface area contributed by atoms with Crippen molar-refractivity contribution in [3.63, 3.8) is 0 Å². The molecule has 5 rings (SSSR count). The second-order valence-electron chi connectivity index (χ2n) is 12.8. The average molecular weight is 708 g/mol. The van der Waals surface area contributed by atoms with Crippen LogP contribution in [-0.2, 0) is 20.3 Å². The Morgan fingerprint density at radius 2 is 1.76 bits per heavy atom. The Kier molecular flexibility index (Phi) is 10.00. The maximum Gasteiger partial charge on any atom is 0.410 e. The highest BCUT2D eigenvalue weighted by Gasteiger charge is 2.36. The highest BCUT2D eigenvalue weighted by molar-refractivity contribution is 7.90. The number of aryl methyl sites for hydroxylation is 1. The van der Waals surface area contributed by atoms with Gasteiger partial charge in [0, 0.05) is 42.4 Å². The first-order chi connectivity index (χ1) is 22.9. The minimum Gasteiger partial charge on any atom is -0.444 e. The molecule has 0 radical (unpaired) electrons. The number of halogens is 5. The van der Waals surface area contributed by atoms with E-state index in [4.69, 9.17) is 9.47 Å². The lowest BCUT2D eigenvalue weighted by Gasteiger charge is -2.36. The van der Waals surface area contributed by atoms with Gasteiger partial charge < -0.3 is 19.7 Å². The minimum absolute atomic E-state index is 0.0657. The van der Waals surface area contributed by atoms with Crippen LogP contribution in [0.1, 0.15) is 38.3 Å². The standard InChI is InChI=1S/C33H34F5N5O5S/c1-19-7-8-22-23(9-10-26(35)25(22)17-49(45,46)18-33(36,37)38)28(19)47-29-24(6-5-12-39-29)27-11-13-40-30(42-27)41-21-14-20(34)15-43(16-21)31(44)48-32(2,3)4/h5-13,20-21H,14-18H2,1-4H3,(H,40,41,42). The summed E-state index contributed by atoms with van der Waals surface area (Å²) in [7, 11) is -4.75. The molecule has 2 atom stereocenters. The number of benzene rings is 2. The topological polar surface area (TPSA) is 124 Å². The van der Waals surface area contributed by atoms with Gasteiger partial charge in [-0.05, 0) is 69.0 Å². The fraction of sp³-hybridized carbons (Fsp3) is 0.394. The van der Waals surface area contributed by atoms with Gasteiger partial charge in [-0.15, -0.1) is 0 Å². The van der Waals surface area contributed by atoms with E-state index in [2.05, 4.69) is 20.3 Å². The Labute approximate surface area is 279 Å². The molecule has 2 aromatic carbocycles. The largest absolute Gasteiger partial charge is 0.444 e. The molecule has 0 spiro atoms. The van der Waals surface area contributed by atoms with Crippen molar-refractivity contribution in [2.24, 2.45) is 0 Å². The van der Waals surface area contributed by atoms with Crippen molar-refractivity contribution < 1.29 is 44.6 Å². The maximum absolute atomic E-state index is 14.9. The summed E-state index contributed by atoms with van der Waals surface area (Å²) < 4.78 is 105. The van der Waals surface area contributed by atoms with Gasteiger partial charge in [0.2, 0.25) is 11.8 Å². The number of amides is 1. The van der Waals surface area contributed by atoms with Crippen LogP contribution >= 0.6 is 0 Å². The average Bonchev–Trinajstić information content (AvgIpc) is 2.98. The van der Waals surface area contributed by atoms with Gasteiger partial charge in [0.15, 0.2) is 9.84 Å². The first-order valence-corrected chi connectivity index (χ1v) is 17.0. The van der Waals surface area contributed by atoms with Gasteiger partial charge in [-0.25, -0.2) is 36.9 Å². The summed E-state index contributed by atoms with van der Waals surface area (Å²) in [5, 5.41) is 3.41. The number of hydrogen-bond acceptors (Lipinski definition) is 9. The molecule has 10 nitrogen and oxygen atoms in total. The van der Waals surface area contributed by atoms with Crippen molar-refractivity contribution in [2.75, 3.05) is 24.2 Å². The number of pyridine rings is 1. The van der Waals surface area contributed by atoms with E-state index in [1.54, 1.807) is 45.9 Å². The Bertz CT molecular complexity index is 1970. The van der Waals surface area contributed by atoms with E-state index in [0.717, 1.165) is 6.07 Å². The number of fused-ring (bicyclic) bond motifs is 1. The predicted octanol–water partition coefficient (Wildman–Crippen LogP) is 7.17. The van der Waals surface area contributed by atoms with Crippen LogP contribution < -0.4 is 10.1 Å². The maximum atomic E-state index is 14.9. The number of alkyl halides is 4.